The molecule has 0 saturated heterocycles. The summed E-state index contributed by atoms with van der Waals surface area (Å²) in [6, 6.07) is 0. The molecule has 0 fully saturated rings. The van der Waals surface area contributed by atoms with Crippen molar-refractivity contribution in [3.63, 3.8) is 0 Å². The van der Waals surface area contributed by atoms with E-state index < -0.39 is 6.10 Å². The Bertz CT molecular complexity index is 1260. The normalized spacial score (nSPS) is 12.6. The Labute approximate surface area is 414 Å². The second-order valence-electron chi connectivity index (χ2n) is 18.8. The third-order valence-electron chi connectivity index (χ3n) is 12.2. The van der Waals surface area contributed by atoms with Gasteiger partial charge in [-0.25, -0.2) is 0 Å². The smallest absolute Gasteiger partial charge is 0.306 e. The second-order valence-corrected chi connectivity index (χ2v) is 18.8. The zero-order valence-electron chi connectivity index (χ0n) is 44.2. The molecule has 0 aliphatic heterocycles. The summed E-state index contributed by atoms with van der Waals surface area (Å²) in [5, 5.41) is 0. The molecule has 6 nitrogen and oxygen atoms in total. The molecule has 0 spiro atoms. The predicted octanol–water partition coefficient (Wildman–Crippen LogP) is 19.0. The molecule has 0 radical (unpaired) electrons. The Morgan fingerprint density at radius 2 is 0.597 bits per heavy atom. The van der Waals surface area contributed by atoms with E-state index in [0.717, 1.165) is 89.9 Å². The summed E-state index contributed by atoms with van der Waals surface area (Å²) < 4.78 is 16.8. The third-order valence-corrected chi connectivity index (χ3v) is 12.2. The van der Waals surface area contributed by atoms with Crippen LogP contribution in [-0.4, -0.2) is 37.2 Å². The quantitative estimate of drug-likeness (QED) is 0.0262. The van der Waals surface area contributed by atoms with E-state index in [1.54, 1.807) is 0 Å². The molecule has 0 rings (SSSR count). The maximum absolute atomic E-state index is 12.8. The first-order chi connectivity index (χ1) is 33.0. The average Bonchev–Trinajstić information content (AvgIpc) is 3.33. The van der Waals surface area contributed by atoms with Crippen LogP contribution < -0.4 is 0 Å². The highest BCUT2D eigenvalue weighted by atomic mass is 16.6. The highest BCUT2D eigenvalue weighted by Gasteiger charge is 2.19. The fraction of sp³-hybridized carbons (Fsp3) is 0.754. The van der Waals surface area contributed by atoms with Crippen LogP contribution in [0, 0.1) is 0 Å². The summed E-state index contributed by atoms with van der Waals surface area (Å²) >= 11 is 0. The van der Waals surface area contributed by atoms with Crippen molar-refractivity contribution in [3.8, 4) is 0 Å². The van der Waals surface area contributed by atoms with Gasteiger partial charge in [-0.05, 0) is 83.5 Å². The van der Waals surface area contributed by atoms with Crippen LogP contribution in [0.15, 0.2) is 72.9 Å². The van der Waals surface area contributed by atoms with Crippen LogP contribution in [0.25, 0.3) is 0 Å². The molecule has 0 aromatic rings. The molecule has 0 saturated carbocycles. The number of rotatable bonds is 51. The molecule has 386 valence electrons. The van der Waals surface area contributed by atoms with Crippen molar-refractivity contribution in [2.24, 2.45) is 0 Å². The van der Waals surface area contributed by atoms with E-state index in [4.69, 9.17) is 14.2 Å². The van der Waals surface area contributed by atoms with Crippen LogP contribution in [0.1, 0.15) is 278 Å². The molecule has 6 heteroatoms. The molecule has 0 N–H and O–H groups in total. The summed E-state index contributed by atoms with van der Waals surface area (Å²) in [5.41, 5.74) is 0. The van der Waals surface area contributed by atoms with Gasteiger partial charge in [-0.1, -0.05) is 248 Å². The lowest BCUT2D eigenvalue weighted by Gasteiger charge is -2.18. The zero-order chi connectivity index (χ0) is 48.6. The maximum Gasteiger partial charge on any atom is 0.306 e. The van der Waals surface area contributed by atoms with Crippen molar-refractivity contribution in [1.29, 1.82) is 0 Å². The molecule has 0 aliphatic carbocycles. The van der Waals surface area contributed by atoms with E-state index in [9.17, 15) is 14.4 Å². The van der Waals surface area contributed by atoms with Gasteiger partial charge in [0.1, 0.15) is 13.2 Å². The lowest BCUT2D eigenvalue weighted by molar-refractivity contribution is -0.167. The van der Waals surface area contributed by atoms with Crippen LogP contribution in [0.5, 0.6) is 0 Å². The van der Waals surface area contributed by atoms with Crippen molar-refractivity contribution >= 4 is 17.9 Å². The summed E-state index contributed by atoms with van der Waals surface area (Å²) in [6.45, 7) is 6.48. The number of unbranched alkanes of at least 4 members (excludes halogenated alkanes) is 28. The van der Waals surface area contributed by atoms with Crippen molar-refractivity contribution in [2.45, 2.75) is 284 Å². The molecule has 1 atom stereocenters. The van der Waals surface area contributed by atoms with Gasteiger partial charge in [-0.2, -0.15) is 0 Å². The monoisotopic (exact) mass is 935 g/mol. The first kappa shape index (κ1) is 63.8. The van der Waals surface area contributed by atoms with Crippen LogP contribution in [-0.2, 0) is 28.6 Å². The fourth-order valence-electron chi connectivity index (χ4n) is 7.94. The first-order valence-electron chi connectivity index (χ1n) is 28.4. The Kier molecular flexibility index (Phi) is 52.8. The van der Waals surface area contributed by atoms with Crippen LogP contribution in [0.4, 0.5) is 0 Å². The molecule has 0 aliphatic rings. The predicted molar refractivity (Wildman–Crippen MR) is 288 cm³/mol. The number of ether oxygens (including phenoxy) is 3. The number of carbonyl (C=O) groups excluding carboxylic acids is 3. The highest BCUT2D eigenvalue weighted by Crippen LogP contribution is 2.16. The Balaban J connectivity index is 4.41. The lowest BCUT2D eigenvalue weighted by atomic mass is 10.0. The summed E-state index contributed by atoms with van der Waals surface area (Å²) in [6.07, 6.45) is 70.4. The SMILES string of the molecule is CC/C=C\C/C=C\C/C=C\C/C=C\C/C=C\CCCC(=O)OC[C@H](COC(=O)CCCCCCCCCCCCCCCCCCCCC)OC(=O)CCCCCCC/C=C\CCCCCC. The molecule has 0 aromatic carbocycles. The van der Waals surface area contributed by atoms with Crippen molar-refractivity contribution in [2.75, 3.05) is 13.2 Å². The second kappa shape index (κ2) is 55.4. The molecule has 0 heterocycles. The third kappa shape index (κ3) is 53.7. The van der Waals surface area contributed by atoms with Gasteiger partial charge in [0, 0.05) is 19.3 Å². The molecule has 0 amide bonds. The number of allylic oxidation sites excluding steroid dienone is 12. The van der Waals surface area contributed by atoms with E-state index in [1.807, 2.05) is 0 Å². The summed E-state index contributed by atoms with van der Waals surface area (Å²) in [4.78, 5) is 38.1. The van der Waals surface area contributed by atoms with Gasteiger partial charge in [0.25, 0.3) is 0 Å². The van der Waals surface area contributed by atoms with Crippen molar-refractivity contribution in [3.05, 3.63) is 72.9 Å². The molecule has 67 heavy (non-hydrogen) atoms. The van der Waals surface area contributed by atoms with E-state index in [2.05, 4.69) is 93.7 Å². The van der Waals surface area contributed by atoms with Gasteiger partial charge < -0.3 is 14.2 Å². The largest absolute Gasteiger partial charge is 0.462 e. The minimum Gasteiger partial charge on any atom is -0.462 e. The minimum absolute atomic E-state index is 0.0941. The number of esters is 3. The molecule has 0 aromatic heterocycles. The molecule has 0 bridgehead atoms. The van der Waals surface area contributed by atoms with Gasteiger partial charge in [0.2, 0.25) is 0 Å². The van der Waals surface area contributed by atoms with E-state index in [0.29, 0.717) is 19.3 Å². The van der Waals surface area contributed by atoms with Crippen LogP contribution >= 0.6 is 0 Å². The zero-order valence-corrected chi connectivity index (χ0v) is 44.2. The van der Waals surface area contributed by atoms with Gasteiger partial charge >= 0.3 is 17.9 Å². The van der Waals surface area contributed by atoms with Crippen molar-refractivity contribution < 1.29 is 28.6 Å². The van der Waals surface area contributed by atoms with Crippen LogP contribution in [0.2, 0.25) is 0 Å². The molecular formula is C61H106O6. The standard InChI is InChI=1S/C61H106O6/c1-4-7-10-13-16-19-22-25-27-29-30-32-34-37-39-42-45-48-51-54-60(63)66-57-58(67-61(64)55-52-49-46-43-40-35-24-21-18-15-12-9-6-3)56-65-59(62)53-50-47-44-41-38-36-33-31-28-26-23-20-17-14-11-8-5-2/h8,11,17,20-21,24,26,28,33,36,41,44,58H,4-7,9-10,12-16,18-19,22-23,25,27,29-32,34-35,37-40,42-43,45-57H2,1-3H3/b11-8-,20-17-,24-21-,28-26-,36-33-,44-41-/t58-/m1/s1. The molecular weight excluding hydrogens is 829 g/mol. The Hall–Kier alpha value is -3.15. The van der Waals surface area contributed by atoms with Gasteiger partial charge in [0.15, 0.2) is 6.10 Å². The first-order valence-corrected chi connectivity index (χ1v) is 28.4. The van der Waals surface area contributed by atoms with Gasteiger partial charge in [0.05, 0.1) is 0 Å². The minimum atomic E-state index is -0.801. The highest BCUT2D eigenvalue weighted by molar-refractivity contribution is 5.71. The van der Waals surface area contributed by atoms with E-state index in [-0.39, 0.29) is 37.5 Å². The topological polar surface area (TPSA) is 78.9 Å². The number of hydrogen-bond acceptors (Lipinski definition) is 6. The summed E-state index contributed by atoms with van der Waals surface area (Å²) in [5.74, 6) is -0.955. The fourth-order valence-corrected chi connectivity index (χ4v) is 7.94. The maximum atomic E-state index is 12.8. The Morgan fingerprint density at radius 1 is 0.313 bits per heavy atom. The van der Waals surface area contributed by atoms with E-state index in [1.165, 1.54) is 141 Å². The summed E-state index contributed by atoms with van der Waals surface area (Å²) in [7, 11) is 0. The average molecular weight is 936 g/mol. The number of hydrogen-bond donors (Lipinski definition) is 0. The van der Waals surface area contributed by atoms with E-state index >= 15 is 0 Å². The Morgan fingerprint density at radius 3 is 1.00 bits per heavy atom. The number of carbonyl (C=O) groups is 3. The molecule has 0 unspecified atom stereocenters. The van der Waals surface area contributed by atoms with Crippen molar-refractivity contribution in [1.82, 2.24) is 0 Å². The van der Waals surface area contributed by atoms with Gasteiger partial charge in [-0.15, -0.1) is 0 Å². The lowest BCUT2D eigenvalue weighted by Crippen LogP contribution is -2.30. The van der Waals surface area contributed by atoms with Gasteiger partial charge in [-0.3, -0.25) is 14.4 Å². The van der Waals surface area contributed by atoms with Crippen LogP contribution in [0.3, 0.4) is 0 Å².